The van der Waals surface area contributed by atoms with Crippen molar-refractivity contribution in [3.8, 4) is 0 Å². The largest absolute Gasteiger partial charge is 0.370 e. The van der Waals surface area contributed by atoms with Crippen molar-refractivity contribution in [1.82, 2.24) is 20.4 Å². The van der Waals surface area contributed by atoms with E-state index in [1.54, 1.807) is 0 Å². The quantitative estimate of drug-likeness (QED) is 0.704. The summed E-state index contributed by atoms with van der Waals surface area (Å²) in [5, 5.41) is 5.89. The molecule has 0 atom stereocenters. The third kappa shape index (κ3) is 6.31. The van der Waals surface area contributed by atoms with E-state index in [1.807, 2.05) is 0 Å². The molecule has 0 saturated carbocycles. The summed E-state index contributed by atoms with van der Waals surface area (Å²) in [6.07, 6.45) is 1.17. The van der Waals surface area contributed by atoms with Crippen LogP contribution in [0.3, 0.4) is 0 Å². The average molecular weight is 286 g/mol. The highest BCUT2D eigenvalue weighted by atomic mass is 32.1. The molecular formula is C13H26N4OS. The van der Waals surface area contributed by atoms with Crippen LogP contribution in [0, 0.1) is 0 Å². The molecule has 0 aromatic heterocycles. The fourth-order valence-corrected chi connectivity index (χ4v) is 2.36. The molecule has 0 unspecified atom stereocenters. The third-order valence-corrected chi connectivity index (χ3v) is 3.81. The molecule has 5 nitrogen and oxygen atoms in total. The summed E-state index contributed by atoms with van der Waals surface area (Å²) in [7, 11) is 0. The number of likely N-dealkylation sites (N-methyl/N-ethyl adjacent to an activating group) is 2. The second-order valence-electron chi connectivity index (χ2n) is 4.73. The van der Waals surface area contributed by atoms with Crippen molar-refractivity contribution in [1.29, 1.82) is 0 Å². The van der Waals surface area contributed by atoms with Crippen molar-refractivity contribution in [2.45, 2.75) is 20.3 Å². The number of rotatable bonds is 2. The molecule has 0 bridgehead atoms. The average Bonchev–Trinajstić information content (AvgIpc) is 2.43. The number of amides is 1. The highest BCUT2D eigenvalue weighted by molar-refractivity contribution is 7.82. The first-order chi connectivity index (χ1) is 9.17. The van der Waals surface area contributed by atoms with Gasteiger partial charge in [-0.15, -0.1) is 0 Å². The number of hydrogen-bond acceptors (Lipinski definition) is 4. The van der Waals surface area contributed by atoms with E-state index in [4.69, 9.17) is 12.2 Å². The zero-order valence-corrected chi connectivity index (χ0v) is 12.9. The van der Waals surface area contributed by atoms with Crippen molar-refractivity contribution < 1.29 is 4.79 Å². The van der Waals surface area contributed by atoms with Crippen molar-refractivity contribution >= 4 is 23.1 Å². The van der Waals surface area contributed by atoms with E-state index in [2.05, 4.69) is 34.3 Å². The second-order valence-corrected chi connectivity index (χ2v) is 5.14. The van der Waals surface area contributed by atoms with Crippen molar-refractivity contribution in [2.24, 2.45) is 0 Å². The van der Waals surface area contributed by atoms with Gasteiger partial charge in [-0.25, -0.2) is 0 Å². The van der Waals surface area contributed by atoms with Crippen LogP contribution in [0.4, 0.5) is 0 Å². The topological polar surface area (TPSA) is 47.6 Å². The number of carbonyl (C=O) groups is 1. The fourth-order valence-electron chi connectivity index (χ4n) is 2.19. The maximum absolute atomic E-state index is 11.7. The van der Waals surface area contributed by atoms with Crippen LogP contribution in [0.5, 0.6) is 0 Å². The van der Waals surface area contributed by atoms with Crippen LogP contribution in [0.1, 0.15) is 20.3 Å². The van der Waals surface area contributed by atoms with Crippen LogP contribution in [-0.2, 0) is 4.79 Å². The number of carbonyl (C=O) groups excluding carboxylic acids is 1. The summed E-state index contributed by atoms with van der Waals surface area (Å²) in [5.41, 5.74) is 0. The summed E-state index contributed by atoms with van der Waals surface area (Å²) in [6.45, 7) is 11.8. The van der Waals surface area contributed by atoms with E-state index >= 15 is 0 Å². The molecule has 1 amide bonds. The van der Waals surface area contributed by atoms with E-state index in [0.29, 0.717) is 11.5 Å². The molecule has 0 aliphatic carbocycles. The first-order valence-electron chi connectivity index (χ1n) is 7.18. The van der Waals surface area contributed by atoms with Gasteiger partial charge in [-0.3, -0.25) is 4.79 Å². The summed E-state index contributed by atoms with van der Waals surface area (Å²) < 4.78 is 0. The number of nitrogens with zero attached hydrogens (tertiary/aromatic N) is 2. The van der Waals surface area contributed by atoms with Crippen LogP contribution in [0.2, 0.25) is 0 Å². The second kappa shape index (κ2) is 9.23. The van der Waals surface area contributed by atoms with Crippen molar-refractivity contribution in [3.05, 3.63) is 0 Å². The van der Waals surface area contributed by atoms with Crippen molar-refractivity contribution in [2.75, 3.05) is 52.4 Å². The smallest absolute Gasteiger partial charge is 0.278 e. The minimum absolute atomic E-state index is 0.159. The van der Waals surface area contributed by atoms with Crippen LogP contribution in [-0.4, -0.2) is 73.1 Å². The van der Waals surface area contributed by atoms with Gasteiger partial charge in [0, 0.05) is 26.2 Å². The Morgan fingerprint density at radius 2 is 1.53 bits per heavy atom. The molecule has 2 N–H and O–H groups in total. The normalized spacial score (nSPS) is 21.8. The Morgan fingerprint density at radius 1 is 1.00 bits per heavy atom. The molecule has 1 saturated heterocycles. The van der Waals surface area contributed by atoms with Gasteiger partial charge in [0.1, 0.15) is 0 Å². The standard InChI is InChI=1S/C13H26N4OS/c1-3-16-8-5-9-17(4-2)11-7-15-13(19)12(18)14-6-10-16/h3-11H2,1-2H3,(H,14,18)(H,15,19). The molecule has 1 fully saturated rings. The summed E-state index contributed by atoms with van der Waals surface area (Å²) in [5.74, 6) is -0.159. The SMILES string of the molecule is CCN1CCCN(CC)CCNC(=S)C(=O)NCC1. The van der Waals surface area contributed by atoms with Gasteiger partial charge in [-0.05, 0) is 32.6 Å². The van der Waals surface area contributed by atoms with E-state index in [-0.39, 0.29) is 5.91 Å². The Hall–Kier alpha value is -0.720. The summed E-state index contributed by atoms with van der Waals surface area (Å²) >= 11 is 5.07. The lowest BCUT2D eigenvalue weighted by Gasteiger charge is -2.23. The number of nitrogens with one attached hydrogen (secondary N) is 2. The molecule has 1 aliphatic heterocycles. The lowest BCUT2D eigenvalue weighted by molar-refractivity contribution is -0.114. The molecule has 6 heteroatoms. The molecule has 0 aromatic carbocycles. The molecule has 1 rings (SSSR count). The van der Waals surface area contributed by atoms with E-state index < -0.39 is 0 Å². The highest BCUT2D eigenvalue weighted by Crippen LogP contribution is 1.96. The number of hydrogen-bond donors (Lipinski definition) is 2. The number of thiocarbonyl (C=S) groups is 1. The van der Waals surface area contributed by atoms with Crippen LogP contribution in [0.15, 0.2) is 0 Å². The van der Waals surface area contributed by atoms with Crippen LogP contribution in [0.25, 0.3) is 0 Å². The lowest BCUT2D eigenvalue weighted by Crippen LogP contribution is -2.43. The van der Waals surface area contributed by atoms with E-state index in [9.17, 15) is 4.79 Å². The molecule has 19 heavy (non-hydrogen) atoms. The van der Waals surface area contributed by atoms with Crippen molar-refractivity contribution in [3.63, 3.8) is 0 Å². The van der Waals surface area contributed by atoms with Gasteiger partial charge in [0.15, 0.2) is 4.99 Å². The van der Waals surface area contributed by atoms with Gasteiger partial charge in [0.05, 0.1) is 0 Å². The Morgan fingerprint density at radius 3 is 2.05 bits per heavy atom. The van der Waals surface area contributed by atoms with E-state index in [0.717, 1.165) is 45.8 Å². The molecule has 0 aromatic rings. The minimum Gasteiger partial charge on any atom is -0.370 e. The predicted octanol–water partition coefficient (Wildman–Crippen LogP) is 0.0671. The fraction of sp³-hybridized carbons (Fsp3) is 0.846. The van der Waals surface area contributed by atoms with E-state index in [1.165, 1.54) is 6.42 Å². The molecule has 0 radical (unpaired) electrons. The molecule has 1 heterocycles. The summed E-state index contributed by atoms with van der Waals surface area (Å²) in [4.78, 5) is 16.8. The van der Waals surface area contributed by atoms with Gasteiger partial charge in [0.25, 0.3) is 5.91 Å². The third-order valence-electron chi connectivity index (χ3n) is 3.48. The monoisotopic (exact) mass is 286 g/mol. The zero-order valence-electron chi connectivity index (χ0n) is 12.1. The van der Waals surface area contributed by atoms with Crippen LogP contribution >= 0.6 is 12.2 Å². The van der Waals surface area contributed by atoms with Gasteiger partial charge in [-0.1, -0.05) is 26.1 Å². The van der Waals surface area contributed by atoms with Gasteiger partial charge in [0.2, 0.25) is 0 Å². The first kappa shape index (κ1) is 16.3. The summed E-state index contributed by atoms with van der Waals surface area (Å²) in [6, 6.07) is 0. The van der Waals surface area contributed by atoms with Gasteiger partial charge < -0.3 is 20.4 Å². The molecule has 0 spiro atoms. The first-order valence-corrected chi connectivity index (χ1v) is 7.59. The predicted molar refractivity (Wildman–Crippen MR) is 82.5 cm³/mol. The maximum Gasteiger partial charge on any atom is 0.278 e. The van der Waals surface area contributed by atoms with Crippen LogP contribution < -0.4 is 10.6 Å². The molecule has 1 aliphatic rings. The molecular weight excluding hydrogens is 260 g/mol. The maximum atomic E-state index is 11.7. The Balaban J connectivity index is 2.54. The minimum atomic E-state index is -0.159. The Labute approximate surface area is 121 Å². The Kier molecular flexibility index (Phi) is 7.93. The highest BCUT2D eigenvalue weighted by Gasteiger charge is 2.11. The van der Waals surface area contributed by atoms with Gasteiger partial charge >= 0.3 is 0 Å². The Bertz CT molecular complexity index is 270. The molecule has 110 valence electrons. The lowest BCUT2D eigenvalue weighted by atomic mass is 10.3. The zero-order chi connectivity index (χ0) is 14.1. The van der Waals surface area contributed by atoms with Gasteiger partial charge in [-0.2, -0.15) is 0 Å².